The van der Waals surface area contributed by atoms with Gasteiger partial charge in [-0.2, -0.15) is 0 Å². The number of nitrogens with zero attached hydrogens (tertiary/aromatic N) is 2. The monoisotopic (exact) mass is 359 g/mol. The van der Waals surface area contributed by atoms with Gasteiger partial charge in [0.1, 0.15) is 12.4 Å². The summed E-state index contributed by atoms with van der Waals surface area (Å²) in [5, 5.41) is 3.34. The second-order valence-electron chi connectivity index (χ2n) is 5.89. The largest absolute Gasteiger partial charge is 0.356 e. The number of rotatable bonds is 3. The number of aromatic nitrogens is 1. The third-order valence-electron chi connectivity index (χ3n) is 4.09. The molecule has 0 radical (unpaired) electrons. The lowest BCUT2D eigenvalue weighted by atomic mass is 9.97. The molecule has 0 saturated carbocycles. The summed E-state index contributed by atoms with van der Waals surface area (Å²) in [5.74, 6) is -0.0851. The van der Waals surface area contributed by atoms with Crippen LogP contribution in [0.4, 0.5) is 5.82 Å². The van der Waals surface area contributed by atoms with Gasteiger partial charge in [-0.3, -0.25) is 9.59 Å². The Kier molecular flexibility index (Phi) is 5.01. The molecular weight excluding hydrogens is 342 g/mol. The van der Waals surface area contributed by atoms with Crippen molar-refractivity contribution in [1.82, 2.24) is 9.88 Å². The lowest BCUT2D eigenvalue weighted by molar-refractivity contribution is -0.160. The van der Waals surface area contributed by atoms with Gasteiger partial charge in [0, 0.05) is 17.8 Å². The van der Waals surface area contributed by atoms with E-state index in [1.807, 2.05) is 19.1 Å². The Morgan fingerprint density at radius 3 is 2.68 bits per heavy atom. The van der Waals surface area contributed by atoms with Gasteiger partial charge in [0.2, 0.25) is 5.91 Å². The van der Waals surface area contributed by atoms with Gasteiger partial charge in [0.05, 0.1) is 6.04 Å². The van der Waals surface area contributed by atoms with Gasteiger partial charge >= 0.3 is 0 Å². The van der Waals surface area contributed by atoms with E-state index in [1.165, 1.54) is 4.90 Å². The molecule has 1 aliphatic heterocycles. The van der Waals surface area contributed by atoms with Crippen molar-refractivity contribution in [1.29, 1.82) is 0 Å². The van der Waals surface area contributed by atoms with E-state index < -0.39 is 12.1 Å². The molecule has 0 spiro atoms. The molecule has 1 N–H and O–H groups in total. The van der Waals surface area contributed by atoms with Crippen LogP contribution in [0.15, 0.2) is 42.5 Å². The highest BCUT2D eigenvalue weighted by atomic mass is 35.5. The topological polar surface area (TPSA) is 71.5 Å². The molecule has 2 unspecified atom stereocenters. The van der Waals surface area contributed by atoms with Crippen LogP contribution in [0, 0.1) is 6.92 Å². The fourth-order valence-electron chi connectivity index (χ4n) is 2.80. The highest BCUT2D eigenvalue weighted by Gasteiger charge is 2.40. The molecule has 2 aromatic rings. The van der Waals surface area contributed by atoms with Gasteiger partial charge in [-0.05, 0) is 36.8 Å². The summed E-state index contributed by atoms with van der Waals surface area (Å²) in [6.45, 7) is 1.70. The van der Waals surface area contributed by atoms with Crippen LogP contribution >= 0.6 is 11.6 Å². The Balaban J connectivity index is 1.87. The van der Waals surface area contributed by atoms with Crippen molar-refractivity contribution in [3.8, 4) is 0 Å². The Morgan fingerprint density at radius 1 is 1.28 bits per heavy atom. The molecule has 1 saturated heterocycles. The maximum Gasteiger partial charge on any atom is 0.257 e. The Morgan fingerprint density at radius 2 is 2.00 bits per heavy atom. The minimum atomic E-state index is -0.841. The lowest BCUT2D eigenvalue weighted by Crippen LogP contribution is -2.51. The van der Waals surface area contributed by atoms with Crippen LogP contribution in [0.2, 0.25) is 5.02 Å². The molecule has 2 atom stereocenters. The Labute approximate surface area is 150 Å². The smallest absolute Gasteiger partial charge is 0.257 e. The minimum Gasteiger partial charge on any atom is -0.356 e. The summed E-state index contributed by atoms with van der Waals surface area (Å²) in [4.78, 5) is 30.6. The zero-order valence-corrected chi connectivity index (χ0v) is 14.7. The van der Waals surface area contributed by atoms with Crippen molar-refractivity contribution in [2.45, 2.75) is 19.1 Å². The van der Waals surface area contributed by atoms with Crippen LogP contribution in [-0.2, 0) is 14.3 Å². The van der Waals surface area contributed by atoms with E-state index in [1.54, 1.807) is 37.4 Å². The van der Waals surface area contributed by atoms with E-state index in [9.17, 15) is 9.59 Å². The second-order valence-corrected chi connectivity index (χ2v) is 6.32. The number of pyridine rings is 1. The van der Waals surface area contributed by atoms with Crippen LogP contribution in [-0.4, -0.2) is 41.5 Å². The van der Waals surface area contributed by atoms with Gasteiger partial charge in [-0.15, -0.1) is 0 Å². The number of carbonyl (C=O) groups is 2. The van der Waals surface area contributed by atoms with Gasteiger partial charge in [0.15, 0.2) is 6.10 Å². The number of ether oxygens (including phenoxy) is 1. The number of hydrogen-bond donors (Lipinski definition) is 1. The zero-order valence-electron chi connectivity index (χ0n) is 13.9. The van der Waals surface area contributed by atoms with Crippen molar-refractivity contribution < 1.29 is 14.3 Å². The van der Waals surface area contributed by atoms with E-state index in [2.05, 4.69) is 10.3 Å². The summed E-state index contributed by atoms with van der Waals surface area (Å²) in [6, 6.07) is 11.8. The summed E-state index contributed by atoms with van der Waals surface area (Å²) >= 11 is 5.94. The van der Waals surface area contributed by atoms with Crippen molar-refractivity contribution in [3.05, 3.63) is 58.7 Å². The fraction of sp³-hybridized carbons (Fsp3) is 0.278. The van der Waals surface area contributed by atoms with Crippen LogP contribution < -0.4 is 5.32 Å². The summed E-state index contributed by atoms with van der Waals surface area (Å²) < 4.78 is 5.56. The number of aryl methyl sites for hydroxylation is 1. The molecular formula is C18H18ClN3O3. The number of carbonyl (C=O) groups excluding carboxylic acids is 2. The number of halogens is 1. The van der Waals surface area contributed by atoms with Gasteiger partial charge in [-0.25, -0.2) is 4.98 Å². The number of benzene rings is 1. The van der Waals surface area contributed by atoms with E-state index >= 15 is 0 Å². The van der Waals surface area contributed by atoms with Crippen molar-refractivity contribution in [3.63, 3.8) is 0 Å². The third-order valence-corrected chi connectivity index (χ3v) is 4.35. The lowest BCUT2D eigenvalue weighted by Gasteiger charge is -2.38. The van der Waals surface area contributed by atoms with Crippen molar-refractivity contribution in [2.75, 3.05) is 19.0 Å². The average Bonchev–Trinajstić information content (AvgIpc) is 2.58. The normalized spacial score (nSPS) is 20.4. The average molecular weight is 360 g/mol. The number of anilines is 1. The molecule has 7 heteroatoms. The summed E-state index contributed by atoms with van der Waals surface area (Å²) in [5.41, 5.74) is 1.57. The Bertz CT molecular complexity index is 794. The third kappa shape index (κ3) is 3.81. The molecule has 1 fully saturated rings. The number of hydrogen-bond acceptors (Lipinski definition) is 4. The molecule has 6 nitrogen and oxygen atoms in total. The van der Waals surface area contributed by atoms with Crippen molar-refractivity contribution in [2.24, 2.45) is 0 Å². The highest BCUT2D eigenvalue weighted by molar-refractivity contribution is 6.30. The Hall–Kier alpha value is -2.44. The maximum atomic E-state index is 12.7. The number of nitrogens with one attached hydrogen (secondary N) is 1. The molecule has 3 rings (SSSR count). The van der Waals surface area contributed by atoms with E-state index in [0.717, 1.165) is 11.3 Å². The number of amides is 2. The molecule has 1 aliphatic rings. The van der Waals surface area contributed by atoms with Crippen LogP contribution in [0.1, 0.15) is 17.3 Å². The number of morpholine rings is 1. The predicted octanol–water partition coefficient (Wildman–Crippen LogP) is 2.58. The predicted molar refractivity (Wildman–Crippen MR) is 94.3 cm³/mol. The van der Waals surface area contributed by atoms with Gasteiger partial charge in [-0.1, -0.05) is 29.8 Å². The first-order chi connectivity index (χ1) is 12.0. The minimum absolute atomic E-state index is 0.139. The first-order valence-corrected chi connectivity index (χ1v) is 8.21. The van der Waals surface area contributed by atoms with Gasteiger partial charge < -0.3 is 15.0 Å². The molecule has 2 heterocycles. The molecule has 130 valence electrons. The zero-order chi connectivity index (χ0) is 18.0. The van der Waals surface area contributed by atoms with Crippen LogP contribution in [0.5, 0.6) is 0 Å². The second kappa shape index (κ2) is 7.21. The van der Waals surface area contributed by atoms with Crippen LogP contribution in [0.3, 0.4) is 0 Å². The molecule has 0 aliphatic carbocycles. The number of likely N-dealkylation sites (N-methyl/N-ethyl adjacent to an activating group) is 1. The molecule has 1 aromatic carbocycles. The summed E-state index contributed by atoms with van der Waals surface area (Å²) in [7, 11) is 1.66. The van der Waals surface area contributed by atoms with E-state index in [4.69, 9.17) is 16.3 Å². The molecule has 1 aromatic heterocycles. The molecule has 2 amide bonds. The van der Waals surface area contributed by atoms with E-state index in [-0.39, 0.29) is 18.4 Å². The fourth-order valence-corrected chi connectivity index (χ4v) is 2.93. The molecule has 25 heavy (non-hydrogen) atoms. The quantitative estimate of drug-likeness (QED) is 0.914. The van der Waals surface area contributed by atoms with Crippen molar-refractivity contribution >= 4 is 29.2 Å². The first kappa shape index (κ1) is 17.4. The summed E-state index contributed by atoms with van der Waals surface area (Å²) in [6.07, 6.45) is -0.841. The van der Waals surface area contributed by atoms with E-state index in [0.29, 0.717) is 10.8 Å². The first-order valence-electron chi connectivity index (χ1n) is 7.83. The van der Waals surface area contributed by atoms with Gasteiger partial charge in [0.25, 0.3) is 5.91 Å². The standard InChI is InChI=1S/C18H18ClN3O3/c1-11-4-3-5-14(20-11)21-18(24)17-16(22(2)15(23)10-25-17)12-6-8-13(19)9-7-12/h3-9,16-17H,10H2,1-2H3,(H,20,21,24). The highest BCUT2D eigenvalue weighted by Crippen LogP contribution is 2.30. The maximum absolute atomic E-state index is 12.7. The SMILES string of the molecule is Cc1cccc(NC(=O)C2OCC(=O)N(C)C2c2ccc(Cl)cc2)n1. The van der Waals surface area contributed by atoms with Crippen LogP contribution in [0.25, 0.3) is 0 Å². The molecule has 0 bridgehead atoms.